The molecule has 0 rings (SSSR count). The lowest BCUT2D eigenvalue weighted by molar-refractivity contribution is -0.135. The van der Waals surface area contributed by atoms with Crippen molar-refractivity contribution < 1.29 is 40.9 Å². The standard InChI is InChI=1S/C5H9F3O2.C5H10F2O2/c1-9-2-3-10-5(8)4(6)7;1-8-2-3-9-4-5(6)7/h4-5H,2-3H2,1H3;5H,2-4H2,1H3. The van der Waals surface area contributed by atoms with Crippen molar-refractivity contribution >= 4 is 0 Å². The van der Waals surface area contributed by atoms with Crippen molar-refractivity contribution in [3.63, 3.8) is 0 Å². The zero-order chi connectivity index (χ0) is 15.1. The Kier molecular flexibility index (Phi) is 17.0. The van der Waals surface area contributed by atoms with Gasteiger partial charge in [0.15, 0.2) is 0 Å². The molecule has 0 aromatic heterocycles. The Morgan fingerprint density at radius 1 is 0.789 bits per heavy atom. The van der Waals surface area contributed by atoms with Gasteiger partial charge < -0.3 is 18.9 Å². The Bertz CT molecular complexity index is 174. The molecular formula is C10H19F5O4. The van der Waals surface area contributed by atoms with Gasteiger partial charge in [-0.15, -0.1) is 0 Å². The second-order valence-electron chi connectivity index (χ2n) is 3.01. The molecule has 1 unspecified atom stereocenters. The van der Waals surface area contributed by atoms with Crippen LogP contribution in [-0.4, -0.2) is 66.5 Å². The zero-order valence-corrected chi connectivity index (χ0v) is 10.8. The van der Waals surface area contributed by atoms with Crippen LogP contribution >= 0.6 is 0 Å². The first-order valence-corrected chi connectivity index (χ1v) is 5.33. The van der Waals surface area contributed by atoms with Crippen molar-refractivity contribution in [3.05, 3.63) is 0 Å². The Morgan fingerprint density at radius 3 is 1.74 bits per heavy atom. The van der Waals surface area contributed by atoms with Gasteiger partial charge in [0.1, 0.15) is 6.61 Å². The summed E-state index contributed by atoms with van der Waals surface area (Å²) in [6.45, 7) is 0.0755. The molecule has 0 aromatic rings. The molecule has 0 aromatic carbocycles. The summed E-state index contributed by atoms with van der Waals surface area (Å²) >= 11 is 0. The van der Waals surface area contributed by atoms with Crippen molar-refractivity contribution in [1.29, 1.82) is 0 Å². The third-order valence-corrected chi connectivity index (χ3v) is 1.44. The summed E-state index contributed by atoms with van der Waals surface area (Å²) in [6, 6.07) is 0. The molecule has 0 saturated carbocycles. The van der Waals surface area contributed by atoms with Crippen LogP contribution in [0.4, 0.5) is 22.0 Å². The van der Waals surface area contributed by atoms with Gasteiger partial charge in [-0.1, -0.05) is 0 Å². The minimum Gasteiger partial charge on any atom is -0.382 e. The molecule has 0 radical (unpaired) electrons. The van der Waals surface area contributed by atoms with Crippen molar-refractivity contribution in [2.75, 3.05) is 47.3 Å². The predicted octanol–water partition coefficient (Wildman–Crippen LogP) is 2.12. The number of hydrogen-bond acceptors (Lipinski definition) is 4. The second-order valence-corrected chi connectivity index (χ2v) is 3.01. The highest BCUT2D eigenvalue weighted by Crippen LogP contribution is 2.05. The van der Waals surface area contributed by atoms with Crippen LogP contribution in [0, 0.1) is 0 Å². The average molecular weight is 298 g/mol. The maximum Gasteiger partial charge on any atom is 0.293 e. The predicted molar refractivity (Wildman–Crippen MR) is 57.4 cm³/mol. The molecule has 0 aliphatic heterocycles. The Labute approximate surface area is 108 Å². The van der Waals surface area contributed by atoms with E-state index in [1.54, 1.807) is 0 Å². The third kappa shape index (κ3) is 20.0. The van der Waals surface area contributed by atoms with E-state index in [4.69, 9.17) is 0 Å². The van der Waals surface area contributed by atoms with Gasteiger partial charge in [0.2, 0.25) is 0 Å². The van der Waals surface area contributed by atoms with E-state index in [0.29, 0.717) is 6.61 Å². The van der Waals surface area contributed by atoms with Crippen molar-refractivity contribution in [3.8, 4) is 0 Å². The molecule has 0 N–H and O–H groups in total. The monoisotopic (exact) mass is 298 g/mol. The van der Waals surface area contributed by atoms with Gasteiger partial charge in [-0.2, -0.15) is 0 Å². The Hall–Kier alpha value is -0.510. The smallest absolute Gasteiger partial charge is 0.293 e. The minimum atomic E-state index is -3.07. The number of methoxy groups -OCH3 is 2. The van der Waals surface area contributed by atoms with Gasteiger partial charge in [-0.25, -0.2) is 22.0 Å². The van der Waals surface area contributed by atoms with E-state index in [2.05, 4.69) is 18.9 Å². The molecule has 0 saturated heterocycles. The van der Waals surface area contributed by atoms with E-state index in [9.17, 15) is 22.0 Å². The van der Waals surface area contributed by atoms with Crippen LogP contribution in [0.1, 0.15) is 0 Å². The van der Waals surface area contributed by atoms with Crippen LogP contribution in [0.25, 0.3) is 0 Å². The summed E-state index contributed by atoms with van der Waals surface area (Å²) in [7, 11) is 2.87. The molecule has 0 bridgehead atoms. The van der Waals surface area contributed by atoms with E-state index in [1.165, 1.54) is 14.2 Å². The third-order valence-electron chi connectivity index (χ3n) is 1.44. The molecular weight excluding hydrogens is 279 g/mol. The van der Waals surface area contributed by atoms with E-state index < -0.39 is 25.8 Å². The van der Waals surface area contributed by atoms with Crippen molar-refractivity contribution in [2.24, 2.45) is 0 Å². The molecule has 0 amide bonds. The highest BCUT2D eigenvalue weighted by atomic mass is 19.3. The lowest BCUT2D eigenvalue weighted by atomic mass is 10.7. The van der Waals surface area contributed by atoms with Crippen molar-refractivity contribution in [2.45, 2.75) is 19.2 Å². The summed E-state index contributed by atoms with van der Waals surface area (Å²) in [4.78, 5) is 0. The van der Waals surface area contributed by atoms with E-state index in [0.717, 1.165) is 0 Å². The first kappa shape index (κ1) is 20.8. The van der Waals surface area contributed by atoms with Crippen LogP contribution < -0.4 is 0 Å². The molecule has 118 valence electrons. The van der Waals surface area contributed by atoms with Crippen LogP contribution in [0.2, 0.25) is 0 Å². The van der Waals surface area contributed by atoms with Gasteiger partial charge in [0.05, 0.1) is 26.4 Å². The topological polar surface area (TPSA) is 36.9 Å². The summed E-state index contributed by atoms with van der Waals surface area (Å²) in [5, 5.41) is 0. The quantitative estimate of drug-likeness (QED) is 0.457. The summed E-state index contributed by atoms with van der Waals surface area (Å²) < 4.78 is 74.5. The SMILES string of the molecule is COCCOC(F)C(F)F.COCCOCC(F)F. The molecule has 19 heavy (non-hydrogen) atoms. The molecule has 4 nitrogen and oxygen atoms in total. The maximum absolute atomic E-state index is 11.8. The first-order chi connectivity index (χ1) is 8.95. The van der Waals surface area contributed by atoms with E-state index in [1.807, 2.05) is 0 Å². The van der Waals surface area contributed by atoms with Crippen LogP contribution in [-0.2, 0) is 18.9 Å². The number of alkyl halides is 5. The van der Waals surface area contributed by atoms with Crippen LogP contribution in [0.15, 0.2) is 0 Å². The van der Waals surface area contributed by atoms with Gasteiger partial charge >= 0.3 is 0 Å². The normalized spacial score (nSPS) is 12.5. The number of rotatable bonds is 10. The van der Waals surface area contributed by atoms with Crippen LogP contribution in [0.5, 0.6) is 0 Å². The number of ether oxygens (including phenoxy) is 4. The van der Waals surface area contributed by atoms with E-state index in [-0.39, 0.29) is 19.8 Å². The molecule has 0 spiro atoms. The minimum absolute atomic E-state index is 0.118. The van der Waals surface area contributed by atoms with Gasteiger partial charge in [0.25, 0.3) is 19.2 Å². The fourth-order valence-corrected chi connectivity index (χ4v) is 0.631. The largest absolute Gasteiger partial charge is 0.382 e. The summed E-state index contributed by atoms with van der Waals surface area (Å²) in [6.07, 6.45) is -7.94. The molecule has 0 fully saturated rings. The lowest BCUT2D eigenvalue weighted by Crippen LogP contribution is -2.18. The Morgan fingerprint density at radius 2 is 1.32 bits per heavy atom. The average Bonchev–Trinajstić information content (AvgIpc) is 2.35. The van der Waals surface area contributed by atoms with Crippen molar-refractivity contribution in [1.82, 2.24) is 0 Å². The molecule has 0 aliphatic carbocycles. The summed E-state index contributed by atoms with van der Waals surface area (Å²) in [5.41, 5.74) is 0. The second kappa shape index (κ2) is 15.5. The van der Waals surface area contributed by atoms with Gasteiger partial charge in [-0.3, -0.25) is 0 Å². The molecule has 0 aliphatic rings. The lowest BCUT2D eigenvalue weighted by Gasteiger charge is -2.06. The molecule has 9 heteroatoms. The van der Waals surface area contributed by atoms with Gasteiger partial charge in [-0.05, 0) is 0 Å². The molecule has 0 heterocycles. The highest BCUT2D eigenvalue weighted by molar-refractivity contribution is 4.42. The fourth-order valence-electron chi connectivity index (χ4n) is 0.631. The van der Waals surface area contributed by atoms with Gasteiger partial charge in [0, 0.05) is 14.2 Å². The molecule has 1 atom stereocenters. The van der Waals surface area contributed by atoms with E-state index >= 15 is 0 Å². The number of halogens is 5. The number of hydrogen-bond donors (Lipinski definition) is 0. The fraction of sp³-hybridized carbons (Fsp3) is 1.00. The summed E-state index contributed by atoms with van der Waals surface area (Å²) in [5.74, 6) is 0. The Balaban J connectivity index is 0. The first-order valence-electron chi connectivity index (χ1n) is 5.33. The van der Waals surface area contributed by atoms with Crippen LogP contribution in [0.3, 0.4) is 0 Å². The maximum atomic E-state index is 11.8. The zero-order valence-electron chi connectivity index (χ0n) is 10.8. The highest BCUT2D eigenvalue weighted by Gasteiger charge is 2.18.